The lowest BCUT2D eigenvalue weighted by molar-refractivity contribution is -0.0561. The molecule has 1 unspecified atom stereocenters. The molecule has 0 N–H and O–H groups in total. The molecule has 0 radical (unpaired) electrons. The highest BCUT2D eigenvalue weighted by Gasteiger charge is 2.50. The molecule has 6 nitrogen and oxygen atoms in total. The van der Waals surface area contributed by atoms with Gasteiger partial charge in [0.25, 0.3) is 0 Å². The van der Waals surface area contributed by atoms with Gasteiger partial charge < -0.3 is 14.1 Å². The molecule has 1 aliphatic heterocycles. The molecule has 1 saturated heterocycles. The van der Waals surface area contributed by atoms with Gasteiger partial charge in [-0.25, -0.2) is 0 Å². The predicted molar refractivity (Wildman–Crippen MR) is 69.3 cm³/mol. The number of rotatable bonds is 3. The minimum atomic E-state index is -0.219. The number of carbonyl (C=O) groups excluding carboxylic acids is 1. The fraction of sp³-hybridized carbons (Fsp3) is 0.786. The fourth-order valence-electron chi connectivity index (χ4n) is 3.08. The molecule has 3 fully saturated rings. The van der Waals surface area contributed by atoms with Crippen molar-refractivity contribution in [2.75, 3.05) is 19.8 Å². The first-order chi connectivity index (χ1) is 9.68. The normalized spacial score (nSPS) is 30.6. The van der Waals surface area contributed by atoms with E-state index >= 15 is 0 Å². The number of morpholine rings is 1. The van der Waals surface area contributed by atoms with Crippen molar-refractivity contribution >= 4 is 5.91 Å². The smallest absolute Gasteiger partial charge is 0.312 e. The molecule has 0 aromatic carbocycles. The second-order valence-electron chi connectivity index (χ2n) is 6.36. The third-order valence-electron chi connectivity index (χ3n) is 4.72. The van der Waals surface area contributed by atoms with Crippen LogP contribution in [0, 0.1) is 5.92 Å². The summed E-state index contributed by atoms with van der Waals surface area (Å²) in [5.74, 6) is 1.54. The third kappa shape index (κ3) is 1.93. The van der Waals surface area contributed by atoms with Crippen molar-refractivity contribution in [3.05, 3.63) is 11.8 Å². The molecule has 4 rings (SSSR count). The first-order valence-electron chi connectivity index (χ1n) is 7.41. The van der Waals surface area contributed by atoms with Gasteiger partial charge in [0.1, 0.15) is 0 Å². The largest absolute Gasteiger partial charge is 0.417 e. The van der Waals surface area contributed by atoms with Crippen LogP contribution in [-0.2, 0) is 4.74 Å². The molecule has 1 atom stereocenters. The molecular formula is C14H19N3O3. The molecule has 3 aliphatic rings. The molecule has 1 aromatic rings. The lowest BCUT2D eigenvalue weighted by Crippen LogP contribution is -2.58. The number of aromatic nitrogens is 2. The monoisotopic (exact) mass is 277 g/mol. The Kier molecular flexibility index (Phi) is 2.64. The van der Waals surface area contributed by atoms with Crippen LogP contribution in [0.2, 0.25) is 0 Å². The quantitative estimate of drug-likeness (QED) is 0.839. The summed E-state index contributed by atoms with van der Waals surface area (Å²) in [7, 11) is 0. The Morgan fingerprint density at radius 3 is 2.80 bits per heavy atom. The van der Waals surface area contributed by atoms with Gasteiger partial charge in [0.05, 0.1) is 18.8 Å². The van der Waals surface area contributed by atoms with Crippen LogP contribution in [0.1, 0.15) is 55.1 Å². The summed E-state index contributed by atoms with van der Waals surface area (Å²) in [6.07, 6.45) is 4.52. The Hall–Kier alpha value is -1.43. The Morgan fingerprint density at radius 2 is 2.10 bits per heavy atom. The Balaban J connectivity index is 1.58. The van der Waals surface area contributed by atoms with Gasteiger partial charge in [0.15, 0.2) is 0 Å². The van der Waals surface area contributed by atoms with Crippen molar-refractivity contribution in [2.24, 2.45) is 5.92 Å². The molecule has 1 aromatic heterocycles. The van der Waals surface area contributed by atoms with Crippen molar-refractivity contribution in [1.29, 1.82) is 0 Å². The molecule has 108 valence electrons. The van der Waals surface area contributed by atoms with E-state index in [0.717, 1.165) is 12.8 Å². The molecule has 1 amide bonds. The van der Waals surface area contributed by atoms with Crippen LogP contribution >= 0.6 is 0 Å². The zero-order chi connectivity index (χ0) is 13.7. The van der Waals surface area contributed by atoms with Crippen molar-refractivity contribution in [1.82, 2.24) is 15.1 Å². The molecule has 6 heteroatoms. The maximum absolute atomic E-state index is 12.7. The van der Waals surface area contributed by atoms with Crippen LogP contribution in [0.15, 0.2) is 4.42 Å². The van der Waals surface area contributed by atoms with Crippen molar-refractivity contribution in [3.63, 3.8) is 0 Å². The minimum Gasteiger partial charge on any atom is -0.417 e. The number of hydrogen-bond acceptors (Lipinski definition) is 5. The number of carbonyl (C=O) groups is 1. The second-order valence-corrected chi connectivity index (χ2v) is 6.36. The molecule has 2 heterocycles. The third-order valence-corrected chi connectivity index (χ3v) is 4.72. The fourth-order valence-corrected chi connectivity index (χ4v) is 3.08. The van der Waals surface area contributed by atoms with Crippen LogP contribution in [0.25, 0.3) is 0 Å². The van der Waals surface area contributed by atoms with E-state index in [0.29, 0.717) is 37.5 Å². The zero-order valence-corrected chi connectivity index (χ0v) is 11.7. The summed E-state index contributed by atoms with van der Waals surface area (Å²) in [6.45, 7) is 3.90. The highest BCUT2D eigenvalue weighted by molar-refractivity contribution is 5.90. The first kappa shape index (κ1) is 12.3. The molecule has 20 heavy (non-hydrogen) atoms. The van der Waals surface area contributed by atoms with E-state index in [4.69, 9.17) is 9.15 Å². The Bertz CT molecular complexity index is 536. The summed E-state index contributed by atoms with van der Waals surface area (Å²) in [6, 6.07) is 0. The average molecular weight is 277 g/mol. The second kappa shape index (κ2) is 4.28. The number of amides is 1. The molecule has 0 spiro atoms. The zero-order valence-electron chi connectivity index (χ0n) is 11.7. The van der Waals surface area contributed by atoms with E-state index in [1.165, 1.54) is 12.8 Å². The van der Waals surface area contributed by atoms with Crippen molar-refractivity contribution in [3.8, 4) is 0 Å². The van der Waals surface area contributed by atoms with Gasteiger partial charge in [0.2, 0.25) is 5.89 Å². The molecule has 0 bridgehead atoms. The summed E-state index contributed by atoms with van der Waals surface area (Å²) in [5.41, 5.74) is -0.219. The minimum absolute atomic E-state index is 0.137. The SMILES string of the molecule is CC1(C2CC2)COCCN1C(=O)c1nnc(C2CC2)o1. The van der Waals surface area contributed by atoms with Gasteiger partial charge in [0, 0.05) is 12.5 Å². The van der Waals surface area contributed by atoms with Gasteiger partial charge in [-0.1, -0.05) is 0 Å². The van der Waals surface area contributed by atoms with Gasteiger partial charge in [-0.05, 0) is 38.5 Å². The highest BCUT2D eigenvalue weighted by atomic mass is 16.5. The van der Waals surface area contributed by atoms with Crippen LogP contribution in [0.5, 0.6) is 0 Å². The van der Waals surface area contributed by atoms with Gasteiger partial charge in [-0.3, -0.25) is 4.79 Å². The van der Waals surface area contributed by atoms with Crippen LogP contribution in [0.3, 0.4) is 0 Å². The first-order valence-corrected chi connectivity index (χ1v) is 7.41. The average Bonchev–Trinajstić information content (AvgIpc) is 3.36. The summed E-state index contributed by atoms with van der Waals surface area (Å²) in [5, 5.41) is 7.96. The predicted octanol–water partition coefficient (Wildman–Crippen LogP) is 1.59. The van der Waals surface area contributed by atoms with Gasteiger partial charge >= 0.3 is 11.8 Å². The van der Waals surface area contributed by atoms with E-state index in [1.54, 1.807) is 0 Å². The lowest BCUT2D eigenvalue weighted by Gasteiger charge is -2.44. The van der Waals surface area contributed by atoms with Crippen LogP contribution < -0.4 is 0 Å². The summed E-state index contributed by atoms with van der Waals surface area (Å²) in [4.78, 5) is 14.6. The summed E-state index contributed by atoms with van der Waals surface area (Å²) >= 11 is 0. The standard InChI is InChI=1S/C14H19N3O3/c1-14(10-4-5-10)8-19-7-6-17(14)13(18)12-16-15-11(20-12)9-2-3-9/h9-10H,2-8H2,1H3. The Labute approximate surface area is 117 Å². The Morgan fingerprint density at radius 1 is 1.30 bits per heavy atom. The van der Waals surface area contributed by atoms with Gasteiger partial charge in [-0.15, -0.1) is 10.2 Å². The van der Waals surface area contributed by atoms with Crippen LogP contribution in [0.4, 0.5) is 0 Å². The van der Waals surface area contributed by atoms with E-state index < -0.39 is 0 Å². The van der Waals surface area contributed by atoms with E-state index in [-0.39, 0.29) is 17.3 Å². The van der Waals surface area contributed by atoms with Gasteiger partial charge in [-0.2, -0.15) is 0 Å². The maximum atomic E-state index is 12.7. The number of nitrogens with zero attached hydrogens (tertiary/aromatic N) is 3. The van der Waals surface area contributed by atoms with E-state index in [1.807, 2.05) is 4.90 Å². The van der Waals surface area contributed by atoms with Crippen LogP contribution in [-0.4, -0.2) is 46.3 Å². The van der Waals surface area contributed by atoms with Crippen molar-refractivity contribution < 1.29 is 13.9 Å². The topological polar surface area (TPSA) is 68.5 Å². The number of hydrogen-bond donors (Lipinski definition) is 0. The summed E-state index contributed by atoms with van der Waals surface area (Å²) < 4.78 is 11.2. The maximum Gasteiger partial charge on any atom is 0.312 e. The highest BCUT2D eigenvalue weighted by Crippen LogP contribution is 2.45. The molecule has 2 saturated carbocycles. The molecular weight excluding hydrogens is 258 g/mol. The lowest BCUT2D eigenvalue weighted by atomic mass is 9.93. The molecule has 2 aliphatic carbocycles. The van der Waals surface area contributed by atoms with E-state index in [9.17, 15) is 4.79 Å². The van der Waals surface area contributed by atoms with Crippen molar-refractivity contribution in [2.45, 2.75) is 44.1 Å². The van der Waals surface area contributed by atoms with E-state index in [2.05, 4.69) is 17.1 Å². The number of ether oxygens (including phenoxy) is 1.